The fourth-order valence-electron chi connectivity index (χ4n) is 5.39. The van der Waals surface area contributed by atoms with E-state index in [1.165, 1.54) is 50.9 Å². The van der Waals surface area contributed by atoms with Gasteiger partial charge in [0, 0.05) is 58.1 Å². The molecule has 0 aromatic carbocycles. The van der Waals surface area contributed by atoms with E-state index >= 15 is 0 Å². The quantitative estimate of drug-likeness (QED) is 0.880. The van der Waals surface area contributed by atoms with Crippen LogP contribution in [0.25, 0.3) is 0 Å². The topological polar surface area (TPSA) is 53.8 Å². The summed E-state index contributed by atoms with van der Waals surface area (Å²) >= 11 is 0. The van der Waals surface area contributed by atoms with E-state index < -0.39 is 0 Å². The molecule has 6 nitrogen and oxygen atoms in total. The van der Waals surface area contributed by atoms with Gasteiger partial charge in [0.05, 0.1) is 12.0 Å². The number of imidazole rings is 1. The highest BCUT2D eigenvalue weighted by molar-refractivity contribution is 5.01. The molecule has 1 aromatic heterocycles. The number of hydrogen-bond acceptors (Lipinski definition) is 5. The van der Waals surface area contributed by atoms with Crippen LogP contribution in [0.1, 0.15) is 37.8 Å². The average molecular weight is 363 g/mol. The van der Waals surface area contributed by atoms with Gasteiger partial charge in [0.25, 0.3) is 0 Å². The summed E-state index contributed by atoms with van der Waals surface area (Å²) in [5.74, 6) is 0.404. The van der Waals surface area contributed by atoms with Crippen LogP contribution in [0.3, 0.4) is 0 Å². The first-order valence-electron chi connectivity index (χ1n) is 10.3. The Kier molecular flexibility index (Phi) is 5.64. The second-order valence-electron chi connectivity index (χ2n) is 8.60. The van der Waals surface area contributed by atoms with Gasteiger partial charge in [-0.3, -0.25) is 4.90 Å². The standard InChI is InChI=1S/C20H34N4O2/c1-22-16-21-12-19(22)14-23-7-4-20(17(13-23)15-25)5-8-24(9-6-20)18-2-10-26-11-3-18/h12,16-18,25H,2-11,13-15H2,1H3. The molecule has 0 amide bonds. The first kappa shape index (κ1) is 18.4. The smallest absolute Gasteiger partial charge is 0.0945 e. The summed E-state index contributed by atoms with van der Waals surface area (Å²) in [7, 11) is 2.06. The number of piperidine rings is 2. The van der Waals surface area contributed by atoms with Crippen molar-refractivity contribution >= 4 is 0 Å². The molecule has 0 radical (unpaired) electrons. The minimum Gasteiger partial charge on any atom is -0.396 e. The summed E-state index contributed by atoms with van der Waals surface area (Å²) < 4.78 is 7.63. The van der Waals surface area contributed by atoms with Crippen molar-refractivity contribution in [2.24, 2.45) is 18.4 Å². The molecular formula is C20H34N4O2. The molecular weight excluding hydrogens is 328 g/mol. The number of hydrogen-bond donors (Lipinski definition) is 1. The Bertz CT molecular complexity index is 576. The van der Waals surface area contributed by atoms with Crippen LogP contribution in [0, 0.1) is 11.3 Å². The molecule has 146 valence electrons. The summed E-state index contributed by atoms with van der Waals surface area (Å²) in [4.78, 5) is 9.44. The van der Waals surface area contributed by atoms with Gasteiger partial charge in [-0.15, -0.1) is 0 Å². The number of aryl methyl sites for hydroxylation is 1. The van der Waals surface area contributed by atoms with Gasteiger partial charge < -0.3 is 19.3 Å². The van der Waals surface area contributed by atoms with Gasteiger partial charge in [0.2, 0.25) is 0 Å². The van der Waals surface area contributed by atoms with E-state index in [1.54, 1.807) is 0 Å². The number of aliphatic hydroxyl groups is 1. The van der Waals surface area contributed by atoms with E-state index in [4.69, 9.17) is 4.74 Å². The lowest BCUT2D eigenvalue weighted by Gasteiger charge is -2.52. The summed E-state index contributed by atoms with van der Waals surface area (Å²) in [6.07, 6.45) is 9.92. The molecule has 1 N–H and O–H groups in total. The Morgan fingerprint density at radius 3 is 2.58 bits per heavy atom. The Labute approximate surface area is 157 Å². The second kappa shape index (κ2) is 7.97. The van der Waals surface area contributed by atoms with Crippen LogP contribution in [0.15, 0.2) is 12.5 Å². The highest BCUT2D eigenvalue weighted by atomic mass is 16.5. The van der Waals surface area contributed by atoms with Crippen LogP contribution in [-0.4, -0.2) is 76.5 Å². The molecule has 3 aliphatic heterocycles. The zero-order chi connectivity index (χ0) is 18.0. The molecule has 4 heterocycles. The van der Waals surface area contributed by atoms with Crippen LogP contribution in [-0.2, 0) is 18.3 Å². The molecule has 1 unspecified atom stereocenters. The van der Waals surface area contributed by atoms with E-state index in [-0.39, 0.29) is 0 Å². The van der Waals surface area contributed by atoms with E-state index in [0.717, 1.165) is 38.9 Å². The van der Waals surface area contributed by atoms with Crippen molar-refractivity contribution in [2.75, 3.05) is 46.0 Å². The van der Waals surface area contributed by atoms with Crippen molar-refractivity contribution in [3.8, 4) is 0 Å². The third-order valence-electron chi connectivity index (χ3n) is 7.29. The maximum absolute atomic E-state index is 10.1. The Morgan fingerprint density at radius 2 is 1.92 bits per heavy atom. The van der Waals surface area contributed by atoms with Crippen LogP contribution in [0.5, 0.6) is 0 Å². The molecule has 0 aliphatic carbocycles. The number of nitrogens with zero attached hydrogens (tertiary/aromatic N) is 4. The summed E-state index contributed by atoms with van der Waals surface area (Å²) in [6.45, 7) is 7.66. The van der Waals surface area contributed by atoms with Crippen molar-refractivity contribution < 1.29 is 9.84 Å². The molecule has 1 aromatic rings. The highest BCUT2D eigenvalue weighted by Crippen LogP contribution is 2.45. The molecule has 1 atom stereocenters. The normalized spacial score (nSPS) is 28.6. The van der Waals surface area contributed by atoms with Gasteiger partial charge in [-0.05, 0) is 57.2 Å². The van der Waals surface area contributed by atoms with Gasteiger partial charge in [0.15, 0.2) is 0 Å². The number of aliphatic hydroxyl groups excluding tert-OH is 1. The highest BCUT2D eigenvalue weighted by Gasteiger charge is 2.45. The lowest BCUT2D eigenvalue weighted by Crippen LogP contribution is -2.55. The fourth-order valence-corrected chi connectivity index (χ4v) is 5.39. The zero-order valence-electron chi connectivity index (χ0n) is 16.1. The monoisotopic (exact) mass is 362 g/mol. The Morgan fingerprint density at radius 1 is 1.19 bits per heavy atom. The van der Waals surface area contributed by atoms with Crippen molar-refractivity contribution in [2.45, 2.75) is 44.7 Å². The van der Waals surface area contributed by atoms with E-state index in [1.807, 2.05) is 12.5 Å². The molecule has 4 rings (SSSR count). The lowest BCUT2D eigenvalue weighted by atomic mass is 9.64. The van der Waals surface area contributed by atoms with Crippen LogP contribution >= 0.6 is 0 Å². The van der Waals surface area contributed by atoms with Crippen molar-refractivity contribution in [1.29, 1.82) is 0 Å². The third-order valence-corrected chi connectivity index (χ3v) is 7.29. The average Bonchev–Trinajstić information content (AvgIpc) is 3.09. The largest absolute Gasteiger partial charge is 0.396 e. The van der Waals surface area contributed by atoms with Crippen molar-refractivity contribution in [1.82, 2.24) is 19.4 Å². The maximum atomic E-state index is 10.1. The first-order chi connectivity index (χ1) is 12.7. The molecule has 0 bridgehead atoms. The van der Waals surface area contributed by atoms with Crippen LogP contribution in [0.2, 0.25) is 0 Å². The SMILES string of the molecule is Cn1cncc1CN1CCC2(CCN(C3CCOCC3)CC2)C(CO)C1. The molecule has 26 heavy (non-hydrogen) atoms. The Hall–Kier alpha value is -0.950. The van der Waals surface area contributed by atoms with E-state index in [2.05, 4.69) is 26.4 Å². The summed E-state index contributed by atoms with van der Waals surface area (Å²) in [5.41, 5.74) is 1.60. The molecule has 3 fully saturated rings. The van der Waals surface area contributed by atoms with Crippen LogP contribution < -0.4 is 0 Å². The number of likely N-dealkylation sites (tertiary alicyclic amines) is 2. The molecule has 6 heteroatoms. The molecule has 3 saturated heterocycles. The number of ether oxygens (including phenoxy) is 1. The lowest BCUT2D eigenvalue weighted by molar-refractivity contribution is -0.0604. The predicted octanol–water partition coefficient (Wildman–Crippen LogP) is 1.50. The number of aromatic nitrogens is 2. The fraction of sp³-hybridized carbons (Fsp3) is 0.850. The van der Waals surface area contributed by atoms with Gasteiger partial charge in [-0.25, -0.2) is 4.98 Å². The summed E-state index contributed by atoms with van der Waals surface area (Å²) in [5, 5.41) is 10.1. The zero-order valence-corrected chi connectivity index (χ0v) is 16.1. The minimum atomic E-state index is 0.319. The van der Waals surface area contributed by atoms with Crippen LogP contribution in [0.4, 0.5) is 0 Å². The number of rotatable bonds is 4. The molecule has 1 spiro atoms. The Balaban J connectivity index is 1.35. The minimum absolute atomic E-state index is 0.319. The van der Waals surface area contributed by atoms with Gasteiger partial charge in [-0.2, -0.15) is 0 Å². The second-order valence-corrected chi connectivity index (χ2v) is 8.60. The summed E-state index contributed by atoms with van der Waals surface area (Å²) in [6, 6.07) is 0.721. The molecule has 0 saturated carbocycles. The van der Waals surface area contributed by atoms with Crippen molar-refractivity contribution in [3.05, 3.63) is 18.2 Å². The third kappa shape index (κ3) is 3.70. The predicted molar refractivity (Wildman–Crippen MR) is 101 cm³/mol. The molecule has 3 aliphatic rings. The van der Waals surface area contributed by atoms with E-state index in [0.29, 0.717) is 17.9 Å². The maximum Gasteiger partial charge on any atom is 0.0945 e. The van der Waals surface area contributed by atoms with Gasteiger partial charge in [-0.1, -0.05) is 0 Å². The van der Waals surface area contributed by atoms with Gasteiger partial charge >= 0.3 is 0 Å². The van der Waals surface area contributed by atoms with Gasteiger partial charge in [0.1, 0.15) is 0 Å². The van der Waals surface area contributed by atoms with Crippen molar-refractivity contribution in [3.63, 3.8) is 0 Å². The first-order valence-corrected chi connectivity index (χ1v) is 10.3. The van der Waals surface area contributed by atoms with E-state index in [9.17, 15) is 5.11 Å².